The predicted octanol–water partition coefficient (Wildman–Crippen LogP) is 1.50. The highest BCUT2D eigenvalue weighted by atomic mass is 19.4. The maximum absolute atomic E-state index is 13.4. The Hall–Kier alpha value is -2.39. The Morgan fingerprint density at radius 3 is 2.50 bits per heavy atom. The molecule has 0 radical (unpaired) electrons. The van der Waals surface area contributed by atoms with Gasteiger partial charge in [-0.1, -0.05) is 13.3 Å². The van der Waals surface area contributed by atoms with Gasteiger partial charge >= 0.3 is 12.2 Å². The Labute approximate surface area is 123 Å². The maximum atomic E-state index is 13.4. The van der Waals surface area contributed by atoms with E-state index in [0.29, 0.717) is 17.7 Å². The van der Waals surface area contributed by atoms with E-state index in [4.69, 9.17) is 0 Å². The molecule has 1 aliphatic heterocycles. The van der Waals surface area contributed by atoms with Gasteiger partial charge in [0.25, 0.3) is 11.6 Å². The van der Waals surface area contributed by atoms with Crippen LogP contribution in [0.1, 0.15) is 19.8 Å². The number of halogens is 3. The zero-order valence-electron chi connectivity index (χ0n) is 11.6. The van der Waals surface area contributed by atoms with E-state index < -0.39 is 29.7 Å². The van der Waals surface area contributed by atoms with E-state index >= 15 is 0 Å². The minimum atomic E-state index is -5.06. The van der Waals surface area contributed by atoms with E-state index in [1.54, 1.807) is 12.2 Å². The summed E-state index contributed by atoms with van der Waals surface area (Å²) in [6, 6.07) is 0.313. The third-order valence-electron chi connectivity index (χ3n) is 3.13. The second kappa shape index (κ2) is 5.78. The monoisotopic (exact) mass is 317 g/mol. The average molecular weight is 317 g/mol. The van der Waals surface area contributed by atoms with E-state index in [2.05, 4.69) is 9.97 Å². The molecule has 0 bridgehead atoms. The molecule has 1 fully saturated rings. The first-order valence-electron chi connectivity index (χ1n) is 6.58. The van der Waals surface area contributed by atoms with Crippen LogP contribution >= 0.6 is 0 Å². The third kappa shape index (κ3) is 2.68. The van der Waals surface area contributed by atoms with Crippen LogP contribution in [0.25, 0.3) is 0 Å². The van der Waals surface area contributed by atoms with Crippen LogP contribution in [0.5, 0.6) is 0 Å². The molecule has 2 heterocycles. The van der Waals surface area contributed by atoms with Crippen LogP contribution in [0.3, 0.4) is 0 Å². The molecule has 1 atom stereocenters. The molecule has 7 nitrogen and oxygen atoms in total. The first-order valence-corrected chi connectivity index (χ1v) is 6.58. The highest BCUT2D eigenvalue weighted by molar-refractivity contribution is 6.08. The summed E-state index contributed by atoms with van der Waals surface area (Å²) < 4.78 is 40.3. The SMILES string of the molecule is CCCCN1C(=O)NC(Nc2ncccn2)(C(F)(F)F)C1=O. The molecule has 0 aromatic carbocycles. The Morgan fingerprint density at radius 2 is 1.95 bits per heavy atom. The molecule has 10 heteroatoms. The Balaban J connectivity index is 2.35. The van der Waals surface area contributed by atoms with Crippen molar-refractivity contribution in [2.75, 3.05) is 11.9 Å². The normalized spacial score (nSPS) is 21.9. The highest BCUT2D eigenvalue weighted by Gasteiger charge is 2.68. The topological polar surface area (TPSA) is 87.2 Å². The number of imide groups is 1. The van der Waals surface area contributed by atoms with Gasteiger partial charge in [0.1, 0.15) is 0 Å². The second-order valence-corrected chi connectivity index (χ2v) is 4.69. The predicted molar refractivity (Wildman–Crippen MR) is 69.6 cm³/mol. The first-order chi connectivity index (χ1) is 10.3. The average Bonchev–Trinajstić information content (AvgIpc) is 2.70. The number of anilines is 1. The summed E-state index contributed by atoms with van der Waals surface area (Å²) in [5.74, 6) is -1.82. The molecule has 2 N–H and O–H groups in total. The summed E-state index contributed by atoms with van der Waals surface area (Å²) in [4.78, 5) is 31.7. The Kier molecular flexibility index (Phi) is 4.20. The molecule has 1 aromatic heterocycles. The molecular weight excluding hydrogens is 303 g/mol. The molecule has 2 rings (SSSR count). The first kappa shape index (κ1) is 16.0. The number of carbonyl (C=O) groups is 2. The maximum Gasteiger partial charge on any atom is 0.440 e. The standard InChI is InChI=1S/C12H14F3N5O2/c1-2-3-7-20-8(21)11(12(13,14)15,19-10(20)22)18-9-16-5-4-6-17-9/h4-6H,2-3,7H2,1H3,(H,19,22)(H,16,17,18). The fourth-order valence-electron chi connectivity index (χ4n) is 1.97. The molecule has 3 amide bonds. The summed E-state index contributed by atoms with van der Waals surface area (Å²) in [7, 11) is 0. The summed E-state index contributed by atoms with van der Waals surface area (Å²) in [6.07, 6.45) is -1.58. The van der Waals surface area contributed by atoms with Crippen molar-refractivity contribution in [2.45, 2.75) is 31.6 Å². The molecule has 0 spiro atoms. The van der Waals surface area contributed by atoms with Crippen LogP contribution in [0.4, 0.5) is 23.9 Å². The lowest BCUT2D eigenvalue weighted by atomic mass is 10.1. The largest absolute Gasteiger partial charge is 0.440 e. The Morgan fingerprint density at radius 1 is 1.32 bits per heavy atom. The van der Waals surface area contributed by atoms with E-state index in [9.17, 15) is 22.8 Å². The lowest BCUT2D eigenvalue weighted by molar-refractivity contribution is -0.188. The van der Waals surface area contributed by atoms with Crippen molar-refractivity contribution in [1.82, 2.24) is 20.2 Å². The van der Waals surface area contributed by atoms with Crippen molar-refractivity contribution in [3.05, 3.63) is 18.5 Å². The second-order valence-electron chi connectivity index (χ2n) is 4.69. The number of amides is 3. The van der Waals surface area contributed by atoms with E-state index in [1.165, 1.54) is 18.5 Å². The van der Waals surface area contributed by atoms with Crippen molar-refractivity contribution >= 4 is 17.9 Å². The molecule has 1 aromatic rings. The zero-order valence-corrected chi connectivity index (χ0v) is 11.6. The molecule has 0 aliphatic carbocycles. The van der Waals surface area contributed by atoms with Crippen LogP contribution in [0.15, 0.2) is 18.5 Å². The van der Waals surface area contributed by atoms with E-state index in [0.717, 1.165) is 0 Å². The third-order valence-corrected chi connectivity index (χ3v) is 3.13. The smallest absolute Gasteiger partial charge is 0.316 e. The van der Waals surface area contributed by atoms with Gasteiger partial charge in [0.2, 0.25) is 5.95 Å². The van der Waals surface area contributed by atoms with Gasteiger partial charge in [-0.3, -0.25) is 15.0 Å². The highest BCUT2D eigenvalue weighted by Crippen LogP contribution is 2.35. The molecule has 120 valence electrons. The van der Waals surface area contributed by atoms with Gasteiger partial charge < -0.3 is 5.32 Å². The van der Waals surface area contributed by atoms with Gasteiger partial charge in [0.05, 0.1) is 0 Å². The van der Waals surface area contributed by atoms with Gasteiger partial charge in [-0.25, -0.2) is 14.8 Å². The van der Waals surface area contributed by atoms with Crippen LogP contribution in [0, 0.1) is 0 Å². The number of urea groups is 1. The minimum absolute atomic E-state index is 0.0870. The van der Waals surface area contributed by atoms with Crippen molar-refractivity contribution in [2.24, 2.45) is 0 Å². The fraction of sp³-hybridized carbons (Fsp3) is 0.500. The number of aromatic nitrogens is 2. The fourth-order valence-corrected chi connectivity index (χ4v) is 1.97. The molecule has 1 saturated heterocycles. The molecule has 1 unspecified atom stereocenters. The van der Waals surface area contributed by atoms with Crippen molar-refractivity contribution < 1.29 is 22.8 Å². The molecular formula is C12H14F3N5O2. The van der Waals surface area contributed by atoms with Crippen LogP contribution < -0.4 is 10.6 Å². The van der Waals surface area contributed by atoms with Crippen LogP contribution in [-0.4, -0.2) is 45.2 Å². The van der Waals surface area contributed by atoms with Gasteiger partial charge in [-0.2, -0.15) is 13.2 Å². The van der Waals surface area contributed by atoms with E-state index in [-0.39, 0.29) is 6.54 Å². The van der Waals surface area contributed by atoms with E-state index in [1.807, 2.05) is 5.32 Å². The van der Waals surface area contributed by atoms with Crippen molar-refractivity contribution in [1.29, 1.82) is 0 Å². The molecule has 22 heavy (non-hydrogen) atoms. The molecule has 0 saturated carbocycles. The summed E-state index contributed by atoms with van der Waals surface area (Å²) in [5.41, 5.74) is -3.25. The van der Waals surface area contributed by atoms with Crippen LogP contribution in [-0.2, 0) is 4.79 Å². The van der Waals surface area contributed by atoms with Gasteiger partial charge in [-0.05, 0) is 12.5 Å². The quantitative estimate of drug-likeness (QED) is 0.804. The van der Waals surface area contributed by atoms with Crippen molar-refractivity contribution in [3.8, 4) is 0 Å². The van der Waals surface area contributed by atoms with Crippen molar-refractivity contribution in [3.63, 3.8) is 0 Å². The summed E-state index contributed by atoms with van der Waals surface area (Å²) in [6.45, 7) is 1.71. The lowest BCUT2D eigenvalue weighted by Gasteiger charge is -2.29. The number of alkyl halides is 3. The lowest BCUT2D eigenvalue weighted by Crippen LogP contribution is -2.64. The summed E-state index contributed by atoms with van der Waals surface area (Å²) in [5, 5.41) is 3.60. The minimum Gasteiger partial charge on any atom is -0.316 e. The zero-order chi connectivity index (χ0) is 16.4. The number of nitrogens with one attached hydrogen (secondary N) is 2. The Bertz CT molecular complexity index is 566. The van der Waals surface area contributed by atoms with Gasteiger partial charge in [0.15, 0.2) is 0 Å². The van der Waals surface area contributed by atoms with Gasteiger partial charge in [-0.15, -0.1) is 0 Å². The number of rotatable bonds is 5. The molecule has 1 aliphatic rings. The van der Waals surface area contributed by atoms with Crippen LogP contribution in [0.2, 0.25) is 0 Å². The number of nitrogens with zero attached hydrogens (tertiary/aromatic N) is 3. The number of unbranched alkanes of at least 4 members (excludes halogenated alkanes) is 1. The van der Waals surface area contributed by atoms with Gasteiger partial charge in [0, 0.05) is 18.9 Å². The number of hydrogen-bond acceptors (Lipinski definition) is 5. The number of carbonyl (C=O) groups excluding carboxylic acids is 2. The summed E-state index contributed by atoms with van der Waals surface area (Å²) >= 11 is 0. The number of hydrogen-bond donors (Lipinski definition) is 2.